The Kier molecular flexibility index (Phi) is 6.81. The van der Waals surface area contributed by atoms with Gasteiger partial charge in [0, 0.05) is 31.3 Å². The molecule has 0 bridgehead atoms. The van der Waals surface area contributed by atoms with Crippen molar-refractivity contribution in [3.63, 3.8) is 0 Å². The number of nitrogens with zero attached hydrogens (tertiary/aromatic N) is 3. The van der Waals surface area contributed by atoms with Crippen molar-refractivity contribution in [2.45, 2.75) is 27.3 Å². The SMILES string of the molecule is CCN(CC)c1ccc(C(=O)Cn2cc[n+](C)c2C)cc1.[Br-]. The van der Waals surface area contributed by atoms with Crippen molar-refractivity contribution >= 4 is 11.5 Å². The summed E-state index contributed by atoms with van der Waals surface area (Å²) in [6.07, 6.45) is 3.91. The summed E-state index contributed by atoms with van der Waals surface area (Å²) in [6.45, 7) is 8.62. The molecule has 1 heterocycles. The second-order valence-electron chi connectivity index (χ2n) is 5.23. The second-order valence-corrected chi connectivity index (χ2v) is 5.23. The summed E-state index contributed by atoms with van der Waals surface area (Å²) in [6, 6.07) is 7.91. The minimum atomic E-state index is 0. The third-order valence-electron chi connectivity index (χ3n) is 4.03. The number of hydrogen-bond acceptors (Lipinski definition) is 2. The Morgan fingerprint density at radius 2 is 1.77 bits per heavy atom. The molecule has 0 unspecified atom stereocenters. The molecule has 0 aliphatic carbocycles. The molecule has 0 aliphatic heterocycles. The van der Waals surface area contributed by atoms with Crippen molar-refractivity contribution in [3.05, 3.63) is 48.0 Å². The first-order valence-electron chi connectivity index (χ1n) is 7.46. The number of rotatable bonds is 6. The first-order valence-corrected chi connectivity index (χ1v) is 7.46. The highest BCUT2D eigenvalue weighted by atomic mass is 79.9. The number of carbonyl (C=O) groups is 1. The second kappa shape index (κ2) is 8.13. The highest BCUT2D eigenvalue weighted by molar-refractivity contribution is 5.96. The molecule has 0 saturated carbocycles. The number of aromatic nitrogens is 2. The van der Waals surface area contributed by atoms with Gasteiger partial charge in [0.1, 0.15) is 12.4 Å². The Balaban J connectivity index is 0.00000242. The van der Waals surface area contributed by atoms with Crippen LogP contribution in [-0.2, 0) is 13.6 Å². The predicted molar refractivity (Wildman–Crippen MR) is 84.7 cm³/mol. The molecule has 0 atom stereocenters. The first-order chi connectivity index (χ1) is 10.1. The van der Waals surface area contributed by atoms with Crippen LogP contribution >= 0.6 is 0 Å². The third kappa shape index (κ3) is 3.97. The van der Waals surface area contributed by atoms with Crippen LogP contribution < -0.4 is 26.4 Å². The average Bonchev–Trinajstić information content (AvgIpc) is 2.81. The summed E-state index contributed by atoms with van der Waals surface area (Å²) in [5.41, 5.74) is 1.93. The van der Waals surface area contributed by atoms with Crippen molar-refractivity contribution in [1.29, 1.82) is 0 Å². The monoisotopic (exact) mass is 365 g/mol. The molecule has 1 aromatic heterocycles. The lowest BCUT2D eigenvalue weighted by Gasteiger charge is -2.20. The van der Waals surface area contributed by atoms with Gasteiger partial charge in [-0.2, -0.15) is 0 Å². The molecule has 1 aromatic carbocycles. The Morgan fingerprint density at radius 1 is 1.18 bits per heavy atom. The van der Waals surface area contributed by atoms with Gasteiger partial charge in [-0.05, 0) is 38.1 Å². The highest BCUT2D eigenvalue weighted by Gasteiger charge is 2.15. The van der Waals surface area contributed by atoms with Gasteiger partial charge in [-0.1, -0.05) is 0 Å². The maximum Gasteiger partial charge on any atom is 0.253 e. The van der Waals surface area contributed by atoms with Crippen LogP contribution in [0.25, 0.3) is 0 Å². The van der Waals surface area contributed by atoms with Crippen LogP contribution in [0.15, 0.2) is 36.7 Å². The van der Waals surface area contributed by atoms with E-state index in [2.05, 4.69) is 18.7 Å². The minimum Gasteiger partial charge on any atom is -1.00 e. The molecular formula is C17H24BrN3O. The number of benzene rings is 1. The Morgan fingerprint density at radius 3 is 2.23 bits per heavy atom. The molecule has 120 valence electrons. The summed E-state index contributed by atoms with van der Waals surface area (Å²) < 4.78 is 3.98. The van der Waals surface area contributed by atoms with Crippen LogP contribution in [0, 0.1) is 6.92 Å². The van der Waals surface area contributed by atoms with Crippen LogP contribution in [0.3, 0.4) is 0 Å². The van der Waals surface area contributed by atoms with Crippen molar-refractivity contribution < 1.29 is 26.3 Å². The van der Waals surface area contributed by atoms with Crippen molar-refractivity contribution in [2.24, 2.45) is 7.05 Å². The van der Waals surface area contributed by atoms with E-state index >= 15 is 0 Å². The van der Waals surface area contributed by atoms with Gasteiger partial charge in [-0.3, -0.25) is 4.79 Å². The summed E-state index contributed by atoms with van der Waals surface area (Å²) in [5.74, 6) is 1.21. The van der Waals surface area contributed by atoms with Gasteiger partial charge in [-0.15, -0.1) is 0 Å². The quantitative estimate of drug-likeness (QED) is 0.503. The third-order valence-corrected chi connectivity index (χ3v) is 4.03. The zero-order valence-corrected chi connectivity index (χ0v) is 15.3. The normalized spacial score (nSPS) is 10.2. The molecule has 0 N–H and O–H groups in total. The van der Waals surface area contributed by atoms with Crippen LogP contribution in [0.4, 0.5) is 5.69 Å². The zero-order chi connectivity index (χ0) is 15.4. The van der Waals surface area contributed by atoms with E-state index in [4.69, 9.17) is 0 Å². The number of carbonyl (C=O) groups excluding carboxylic acids is 1. The van der Waals surface area contributed by atoms with Gasteiger partial charge in [0.25, 0.3) is 5.82 Å². The number of hydrogen-bond donors (Lipinski definition) is 0. The van der Waals surface area contributed by atoms with E-state index in [1.54, 1.807) is 0 Å². The average molecular weight is 366 g/mol. The fourth-order valence-corrected chi connectivity index (χ4v) is 2.46. The first kappa shape index (κ1) is 18.4. The van der Waals surface area contributed by atoms with Gasteiger partial charge in [0.05, 0.1) is 7.05 Å². The molecule has 0 radical (unpaired) electrons. The summed E-state index contributed by atoms with van der Waals surface area (Å²) >= 11 is 0. The van der Waals surface area contributed by atoms with Crippen molar-refractivity contribution in [2.75, 3.05) is 18.0 Å². The van der Waals surface area contributed by atoms with E-state index in [1.165, 1.54) is 5.69 Å². The highest BCUT2D eigenvalue weighted by Crippen LogP contribution is 2.15. The van der Waals surface area contributed by atoms with Gasteiger partial charge < -0.3 is 21.9 Å². The maximum absolute atomic E-state index is 12.4. The number of ketones is 1. The van der Waals surface area contributed by atoms with E-state index in [1.807, 2.05) is 59.8 Å². The Bertz CT molecular complexity index is 615. The van der Waals surface area contributed by atoms with E-state index in [0.29, 0.717) is 6.54 Å². The molecule has 0 fully saturated rings. The van der Waals surface area contributed by atoms with Crippen LogP contribution in [0.5, 0.6) is 0 Å². The number of Topliss-reactive ketones (excluding diaryl/α,β-unsaturated/α-hetero) is 1. The lowest BCUT2D eigenvalue weighted by molar-refractivity contribution is -0.677. The van der Waals surface area contributed by atoms with Crippen molar-refractivity contribution in [3.8, 4) is 0 Å². The molecule has 0 amide bonds. The largest absolute Gasteiger partial charge is 1.00 e. The van der Waals surface area contributed by atoms with Gasteiger partial charge in [0.2, 0.25) is 5.78 Å². The standard InChI is InChI=1S/C17H24N3O.BrH/c1-5-19(6-2)16-9-7-15(8-10-16)17(21)13-20-12-11-18(4)14(20)3;/h7-12H,5-6,13H2,1-4H3;1H/q+1;/p-1. The number of aryl methyl sites for hydroxylation is 1. The van der Waals surface area contributed by atoms with E-state index in [9.17, 15) is 4.79 Å². The molecule has 0 aliphatic rings. The molecular weight excluding hydrogens is 342 g/mol. The van der Waals surface area contributed by atoms with Crippen LogP contribution in [0.1, 0.15) is 30.0 Å². The lowest BCUT2D eigenvalue weighted by Crippen LogP contribution is -3.00. The Hall–Kier alpha value is -1.62. The topological polar surface area (TPSA) is 29.1 Å². The summed E-state index contributed by atoms with van der Waals surface area (Å²) in [5, 5.41) is 0. The molecule has 2 rings (SSSR count). The van der Waals surface area contributed by atoms with E-state index in [-0.39, 0.29) is 22.8 Å². The van der Waals surface area contributed by atoms with Crippen LogP contribution in [-0.4, -0.2) is 23.4 Å². The van der Waals surface area contributed by atoms with E-state index in [0.717, 1.165) is 24.5 Å². The molecule has 5 heteroatoms. The number of halogens is 1. The lowest BCUT2D eigenvalue weighted by atomic mass is 10.1. The maximum atomic E-state index is 12.4. The van der Waals surface area contributed by atoms with Crippen LogP contribution in [0.2, 0.25) is 0 Å². The summed E-state index contributed by atoms with van der Waals surface area (Å²) in [7, 11) is 1.98. The number of anilines is 1. The predicted octanol–water partition coefficient (Wildman–Crippen LogP) is -0.646. The van der Waals surface area contributed by atoms with E-state index < -0.39 is 0 Å². The molecule has 0 saturated heterocycles. The molecule has 4 nitrogen and oxygen atoms in total. The number of imidazole rings is 1. The molecule has 2 aromatic rings. The summed E-state index contributed by atoms with van der Waals surface area (Å²) in [4.78, 5) is 14.6. The molecule has 0 spiro atoms. The van der Waals surface area contributed by atoms with Gasteiger partial charge in [0.15, 0.2) is 6.54 Å². The zero-order valence-electron chi connectivity index (χ0n) is 13.7. The van der Waals surface area contributed by atoms with Crippen molar-refractivity contribution in [1.82, 2.24) is 4.57 Å². The van der Waals surface area contributed by atoms with Gasteiger partial charge in [-0.25, -0.2) is 9.13 Å². The smallest absolute Gasteiger partial charge is 0.253 e. The minimum absolute atomic E-state index is 0. The molecule has 22 heavy (non-hydrogen) atoms. The van der Waals surface area contributed by atoms with Gasteiger partial charge >= 0.3 is 0 Å². The Labute approximate surface area is 143 Å². The fourth-order valence-electron chi connectivity index (χ4n) is 2.46. The fraction of sp³-hybridized carbons (Fsp3) is 0.412.